The maximum absolute atomic E-state index is 5.56. The fourth-order valence-corrected chi connectivity index (χ4v) is 1.08. The highest BCUT2D eigenvalue weighted by Crippen LogP contribution is 2.17. The quantitative estimate of drug-likeness (QED) is 0.663. The molecule has 1 aromatic rings. The van der Waals surface area contributed by atoms with E-state index in [1.54, 1.807) is 0 Å². The molecule has 0 aliphatic heterocycles. The zero-order valence-corrected chi connectivity index (χ0v) is 7.76. The van der Waals surface area contributed by atoms with Crippen molar-refractivity contribution in [3.63, 3.8) is 0 Å². The predicted molar refractivity (Wildman–Crippen MR) is 50.4 cm³/mol. The van der Waals surface area contributed by atoms with E-state index in [9.17, 15) is 0 Å². The smallest absolute Gasteiger partial charge is 0.122 e. The number of rotatable bonds is 4. The molecule has 1 heteroatoms. The van der Waals surface area contributed by atoms with Crippen LogP contribution in [-0.2, 0) is 6.42 Å². The van der Waals surface area contributed by atoms with Crippen LogP contribution in [-0.4, -0.2) is 6.61 Å². The van der Waals surface area contributed by atoms with Crippen molar-refractivity contribution < 1.29 is 4.74 Å². The van der Waals surface area contributed by atoms with Crippen molar-refractivity contribution in [2.45, 2.75) is 26.7 Å². The van der Waals surface area contributed by atoms with Crippen molar-refractivity contribution in [2.24, 2.45) is 0 Å². The van der Waals surface area contributed by atoms with Crippen LogP contribution in [0.5, 0.6) is 5.75 Å². The Kier molecular flexibility index (Phi) is 3.65. The average molecular weight is 163 g/mol. The molecule has 0 spiro atoms. The van der Waals surface area contributed by atoms with Gasteiger partial charge in [0.25, 0.3) is 0 Å². The van der Waals surface area contributed by atoms with Crippen LogP contribution in [0, 0.1) is 6.07 Å². The second-order valence-corrected chi connectivity index (χ2v) is 2.74. The molecule has 65 valence electrons. The van der Waals surface area contributed by atoms with Gasteiger partial charge in [0.1, 0.15) is 5.75 Å². The SMILES string of the molecule is CCCOc1cc[c]cc1CC. The third kappa shape index (κ3) is 2.26. The largest absolute Gasteiger partial charge is 0.493 e. The zero-order chi connectivity index (χ0) is 8.81. The van der Waals surface area contributed by atoms with Gasteiger partial charge in [-0.3, -0.25) is 0 Å². The molecule has 0 aromatic heterocycles. The van der Waals surface area contributed by atoms with Crippen molar-refractivity contribution in [1.29, 1.82) is 0 Å². The van der Waals surface area contributed by atoms with Crippen molar-refractivity contribution in [1.82, 2.24) is 0 Å². The molecule has 0 aliphatic carbocycles. The van der Waals surface area contributed by atoms with Crippen LogP contribution in [0.2, 0.25) is 0 Å². The maximum Gasteiger partial charge on any atom is 0.122 e. The Hall–Kier alpha value is -0.980. The summed E-state index contributed by atoms with van der Waals surface area (Å²) >= 11 is 0. The first kappa shape index (κ1) is 9.11. The number of benzene rings is 1. The van der Waals surface area contributed by atoms with Crippen LogP contribution in [0.25, 0.3) is 0 Å². The van der Waals surface area contributed by atoms with E-state index in [1.165, 1.54) is 5.56 Å². The molecule has 1 radical (unpaired) electrons. The second-order valence-electron chi connectivity index (χ2n) is 2.74. The van der Waals surface area contributed by atoms with Gasteiger partial charge in [-0.15, -0.1) is 0 Å². The fourth-order valence-electron chi connectivity index (χ4n) is 1.08. The molecule has 12 heavy (non-hydrogen) atoms. The van der Waals surface area contributed by atoms with Gasteiger partial charge in [0.05, 0.1) is 6.61 Å². The summed E-state index contributed by atoms with van der Waals surface area (Å²) < 4.78 is 5.56. The lowest BCUT2D eigenvalue weighted by Gasteiger charge is -2.08. The highest BCUT2D eigenvalue weighted by atomic mass is 16.5. The number of ether oxygens (including phenoxy) is 1. The van der Waals surface area contributed by atoms with Gasteiger partial charge in [0.2, 0.25) is 0 Å². The van der Waals surface area contributed by atoms with Gasteiger partial charge in [-0.2, -0.15) is 0 Å². The Morgan fingerprint density at radius 1 is 1.42 bits per heavy atom. The third-order valence-electron chi connectivity index (χ3n) is 1.75. The fraction of sp³-hybridized carbons (Fsp3) is 0.455. The van der Waals surface area contributed by atoms with E-state index in [2.05, 4.69) is 19.9 Å². The van der Waals surface area contributed by atoms with Crippen LogP contribution >= 0.6 is 0 Å². The van der Waals surface area contributed by atoms with E-state index >= 15 is 0 Å². The van der Waals surface area contributed by atoms with Gasteiger partial charge in [0.15, 0.2) is 0 Å². The monoisotopic (exact) mass is 163 g/mol. The van der Waals surface area contributed by atoms with Gasteiger partial charge < -0.3 is 4.74 Å². The predicted octanol–water partition coefficient (Wildman–Crippen LogP) is 2.84. The molecule has 0 aliphatic rings. The summed E-state index contributed by atoms with van der Waals surface area (Å²) in [6.07, 6.45) is 2.07. The van der Waals surface area contributed by atoms with E-state index in [4.69, 9.17) is 4.74 Å². The molecule has 0 N–H and O–H groups in total. The summed E-state index contributed by atoms with van der Waals surface area (Å²) in [5.74, 6) is 1.01. The Bertz CT molecular complexity index is 230. The molecule has 0 amide bonds. The molecular formula is C11H15O. The lowest BCUT2D eigenvalue weighted by molar-refractivity contribution is 0.314. The first-order valence-electron chi connectivity index (χ1n) is 4.50. The molecule has 1 aromatic carbocycles. The summed E-state index contributed by atoms with van der Waals surface area (Å²) in [5, 5.41) is 0. The third-order valence-corrected chi connectivity index (χ3v) is 1.75. The number of hydrogen-bond donors (Lipinski definition) is 0. The average Bonchev–Trinajstić information content (AvgIpc) is 2.15. The lowest BCUT2D eigenvalue weighted by atomic mass is 10.1. The van der Waals surface area contributed by atoms with Crippen LogP contribution in [0.15, 0.2) is 18.2 Å². The molecule has 0 saturated carbocycles. The maximum atomic E-state index is 5.56. The highest BCUT2D eigenvalue weighted by Gasteiger charge is 1.98. The summed E-state index contributed by atoms with van der Waals surface area (Å²) in [5.41, 5.74) is 1.24. The Balaban J connectivity index is 2.68. The van der Waals surface area contributed by atoms with Gasteiger partial charge in [-0.05, 0) is 36.6 Å². The highest BCUT2D eigenvalue weighted by molar-refractivity contribution is 5.32. The molecule has 1 nitrogen and oxygen atoms in total. The van der Waals surface area contributed by atoms with Gasteiger partial charge >= 0.3 is 0 Å². The minimum absolute atomic E-state index is 0.803. The van der Waals surface area contributed by atoms with Crippen molar-refractivity contribution in [3.8, 4) is 5.75 Å². The summed E-state index contributed by atoms with van der Waals surface area (Å²) in [4.78, 5) is 0. The minimum Gasteiger partial charge on any atom is -0.493 e. The molecule has 0 heterocycles. The van der Waals surface area contributed by atoms with Gasteiger partial charge in [0, 0.05) is 0 Å². The van der Waals surface area contributed by atoms with Crippen molar-refractivity contribution in [2.75, 3.05) is 6.61 Å². The van der Waals surface area contributed by atoms with Crippen LogP contribution < -0.4 is 4.74 Å². The van der Waals surface area contributed by atoms with Crippen molar-refractivity contribution >= 4 is 0 Å². The van der Waals surface area contributed by atoms with Crippen LogP contribution in [0.4, 0.5) is 0 Å². The van der Waals surface area contributed by atoms with E-state index in [0.717, 1.165) is 25.2 Å². The molecule has 0 atom stereocenters. The van der Waals surface area contributed by atoms with Gasteiger partial charge in [-0.1, -0.05) is 19.9 Å². The summed E-state index contributed by atoms with van der Waals surface area (Å²) in [6, 6.07) is 8.91. The molecule has 1 rings (SSSR count). The lowest BCUT2D eigenvalue weighted by Crippen LogP contribution is -1.97. The first-order valence-corrected chi connectivity index (χ1v) is 4.50. The zero-order valence-electron chi connectivity index (χ0n) is 7.76. The standard InChI is InChI=1S/C11H15O/c1-3-9-12-11-8-6-5-7-10(11)4-2/h6-8H,3-4,9H2,1-2H3. The topological polar surface area (TPSA) is 9.23 Å². The van der Waals surface area contributed by atoms with E-state index in [-0.39, 0.29) is 0 Å². The molecule has 0 fully saturated rings. The Morgan fingerprint density at radius 2 is 2.25 bits per heavy atom. The summed E-state index contributed by atoms with van der Waals surface area (Å²) in [6.45, 7) is 5.04. The van der Waals surface area contributed by atoms with Crippen LogP contribution in [0.1, 0.15) is 25.8 Å². The molecular weight excluding hydrogens is 148 g/mol. The Morgan fingerprint density at radius 3 is 2.92 bits per heavy atom. The van der Waals surface area contributed by atoms with E-state index in [0.29, 0.717) is 0 Å². The van der Waals surface area contributed by atoms with E-state index < -0.39 is 0 Å². The minimum atomic E-state index is 0.803. The molecule has 0 bridgehead atoms. The van der Waals surface area contributed by atoms with Crippen molar-refractivity contribution in [3.05, 3.63) is 29.8 Å². The number of hydrogen-bond acceptors (Lipinski definition) is 1. The van der Waals surface area contributed by atoms with Crippen LogP contribution in [0.3, 0.4) is 0 Å². The molecule has 0 saturated heterocycles. The Labute approximate surface area is 74.4 Å². The summed E-state index contributed by atoms with van der Waals surface area (Å²) in [7, 11) is 0. The molecule has 0 unspecified atom stereocenters. The number of aryl methyl sites for hydroxylation is 1. The normalized spacial score (nSPS) is 9.83. The van der Waals surface area contributed by atoms with Gasteiger partial charge in [-0.25, -0.2) is 0 Å². The second kappa shape index (κ2) is 4.81. The van der Waals surface area contributed by atoms with E-state index in [1.807, 2.05) is 18.2 Å². The first-order chi connectivity index (χ1) is 5.88.